The number of hydrogen-bond acceptors (Lipinski definition) is 6. The lowest BCUT2D eigenvalue weighted by Gasteiger charge is -2.22. The SMILES string of the molecule is COc1ccc([C@@H]2CC(c3ccccc3)=NN2C(=O)COC(=O)Cc2coc3cc4c(cc23)CCC4)cc1. The monoisotopic (exact) mass is 508 g/mol. The molecule has 1 amide bonds. The molecule has 0 bridgehead atoms. The molecule has 1 atom stereocenters. The van der Waals surface area contributed by atoms with Crippen LogP contribution in [0.4, 0.5) is 0 Å². The van der Waals surface area contributed by atoms with Crippen LogP contribution in [0.25, 0.3) is 11.0 Å². The largest absolute Gasteiger partial charge is 0.497 e. The third kappa shape index (κ3) is 4.67. The Morgan fingerprint density at radius 1 is 1.03 bits per heavy atom. The summed E-state index contributed by atoms with van der Waals surface area (Å²) in [5, 5.41) is 7.02. The highest BCUT2D eigenvalue weighted by Crippen LogP contribution is 2.34. The number of hydrogen-bond donors (Lipinski definition) is 0. The van der Waals surface area contributed by atoms with Crippen LogP contribution in [0.5, 0.6) is 5.75 Å². The van der Waals surface area contributed by atoms with Gasteiger partial charge >= 0.3 is 5.97 Å². The van der Waals surface area contributed by atoms with Crippen LogP contribution < -0.4 is 4.74 Å². The van der Waals surface area contributed by atoms with E-state index in [0.717, 1.165) is 58.4 Å². The summed E-state index contributed by atoms with van der Waals surface area (Å²) in [6, 6.07) is 21.3. The van der Waals surface area contributed by atoms with Crippen molar-refractivity contribution >= 4 is 28.6 Å². The number of aryl methyl sites for hydroxylation is 2. The Balaban J connectivity index is 1.16. The predicted molar refractivity (Wildman–Crippen MR) is 143 cm³/mol. The van der Waals surface area contributed by atoms with Gasteiger partial charge in [0.1, 0.15) is 11.3 Å². The zero-order valence-corrected chi connectivity index (χ0v) is 21.2. The molecule has 1 aromatic heterocycles. The number of hydrazone groups is 1. The summed E-state index contributed by atoms with van der Waals surface area (Å²) in [5.74, 6) is -0.117. The number of furan rings is 1. The Bertz CT molecular complexity index is 1520. The second-order valence-electron chi connectivity index (χ2n) is 9.71. The van der Waals surface area contributed by atoms with E-state index in [2.05, 4.69) is 17.2 Å². The zero-order chi connectivity index (χ0) is 26.1. The van der Waals surface area contributed by atoms with Gasteiger partial charge in [0.25, 0.3) is 5.91 Å². The summed E-state index contributed by atoms with van der Waals surface area (Å²) in [7, 11) is 1.62. The average molecular weight is 509 g/mol. The van der Waals surface area contributed by atoms with Gasteiger partial charge in [-0.1, -0.05) is 42.5 Å². The van der Waals surface area contributed by atoms with Crippen LogP contribution in [0, 0.1) is 0 Å². The van der Waals surface area contributed by atoms with E-state index < -0.39 is 5.97 Å². The lowest BCUT2D eigenvalue weighted by molar-refractivity contribution is -0.152. The Kier molecular flexibility index (Phi) is 6.42. The topological polar surface area (TPSA) is 81.3 Å². The molecule has 0 saturated carbocycles. The number of esters is 1. The molecule has 192 valence electrons. The van der Waals surface area contributed by atoms with Gasteiger partial charge in [0.15, 0.2) is 6.61 Å². The molecular weight excluding hydrogens is 480 g/mol. The number of benzene rings is 3. The van der Waals surface area contributed by atoms with E-state index in [-0.39, 0.29) is 25.0 Å². The second kappa shape index (κ2) is 10.2. The number of ether oxygens (including phenoxy) is 2. The summed E-state index contributed by atoms with van der Waals surface area (Å²) in [4.78, 5) is 26.0. The Morgan fingerprint density at radius 2 is 1.79 bits per heavy atom. The maximum atomic E-state index is 13.3. The number of fused-ring (bicyclic) bond motifs is 2. The lowest BCUT2D eigenvalue weighted by atomic mass is 9.98. The van der Waals surface area contributed by atoms with Gasteiger partial charge in [-0.3, -0.25) is 9.59 Å². The molecule has 38 heavy (non-hydrogen) atoms. The Hall–Kier alpha value is -4.39. The molecule has 0 unspecified atom stereocenters. The molecular formula is C31H28N2O5. The van der Waals surface area contributed by atoms with Gasteiger partial charge in [0, 0.05) is 17.4 Å². The standard InChI is InChI=1S/C31H28N2O5/c1-36-25-12-10-21(11-13-25)28-17-27(20-6-3-2-4-7-20)32-33(28)30(34)19-38-31(35)16-24-18-37-29-15-23-9-5-8-22(23)14-26(24)29/h2-4,6-7,10-15,18,28H,5,8-9,16-17,19H2,1H3/t28-/m0/s1. The first-order chi connectivity index (χ1) is 18.6. The van der Waals surface area contributed by atoms with Crippen molar-refractivity contribution in [2.75, 3.05) is 13.7 Å². The molecule has 2 heterocycles. The first kappa shape index (κ1) is 24.0. The molecule has 7 heteroatoms. The maximum absolute atomic E-state index is 13.3. The van der Waals surface area contributed by atoms with Crippen molar-refractivity contribution in [2.24, 2.45) is 5.10 Å². The molecule has 1 aliphatic carbocycles. The van der Waals surface area contributed by atoms with E-state index in [0.29, 0.717) is 6.42 Å². The fourth-order valence-electron chi connectivity index (χ4n) is 5.33. The quantitative estimate of drug-likeness (QED) is 0.313. The van der Waals surface area contributed by atoms with Gasteiger partial charge < -0.3 is 13.9 Å². The molecule has 0 N–H and O–H groups in total. The number of nitrogens with zero attached hydrogens (tertiary/aromatic N) is 2. The maximum Gasteiger partial charge on any atom is 0.310 e. The minimum absolute atomic E-state index is 0.0412. The third-order valence-corrected chi connectivity index (χ3v) is 7.33. The van der Waals surface area contributed by atoms with Crippen LogP contribution in [0.1, 0.15) is 46.7 Å². The molecule has 4 aromatic rings. The molecule has 1 aliphatic heterocycles. The average Bonchev–Trinajstić information content (AvgIpc) is 3.70. The van der Waals surface area contributed by atoms with Crippen LogP contribution in [0.3, 0.4) is 0 Å². The van der Waals surface area contributed by atoms with Gasteiger partial charge in [-0.05, 0) is 65.8 Å². The van der Waals surface area contributed by atoms with Gasteiger partial charge in [-0.25, -0.2) is 5.01 Å². The predicted octanol–water partition coefficient (Wildman–Crippen LogP) is 5.39. The van der Waals surface area contributed by atoms with E-state index in [1.165, 1.54) is 16.1 Å². The van der Waals surface area contributed by atoms with E-state index >= 15 is 0 Å². The van der Waals surface area contributed by atoms with Crippen LogP contribution in [0.2, 0.25) is 0 Å². The van der Waals surface area contributed by atoms with Crippen molar-refractivity contribution in [1.82, 2.24) is 5.01 Å². The Labute approximate surface area is 220 Å². The first-order valence-electron chi connectivity index (χ1n) is 12.9. The van der Waals surface area contributed by atoms with Crippen LogP contribution in [-0.4, -0.2) is 36.3 Å². The van der Waals surface area contributed by atoms with Crippen LogP contribution >= 0.6 is 0 Å². The first-order valence-corrected chi connectivity index (χ1v) is 12.9. The van der Waals surface area contributed by atoms with Gasteiger partial charge in [0.2, 0.25) is 0 Å². The Morgan fingerprint density at radius 3 is 2.55 bits per heavy atom. The molecule has 0 fully saturated rings. The number of amides is 1. The summed E-state index contributed by atoms with van der Waals surface area (Å²) >= 11 is 0. The summed E-state index contributed by atoms with van der Waals surface area (Å²) in [5.41, 5.74) is 6.88. The summed E-state index contributed by atoms with van der Waals surface area (Å²) in [6.45, 7) is -0.387. The van der Waals surface area contributed by atoms with E-state index in [4.69, 9.17) is 13.9 Å². The molecule has 0 spiro atoms. The zero-order valence-electron chi connectivity index (χ0n) is 21.2. The van der Waals surface area contributed by atoms with Crippen molar-refractivity contribution in [3.8, 4) is 5.75 Å². The second-order valence-corrected chi connectivity index (χ2v) is 9.71. The van der Waals surface area contributed by atoms with E-state index in [1.807, 2.05) is 54.6 Å². The van der Waals surface area contributed by atoms with Crippen molar-refractivity contribution in [2.45, 2.75) is 38.1 Å². The summed E-state index contributed by atoms with van der Waals surface area (Å²) < 4.78 is 16.4. The molecule has 6 rings (SSSR count). The highest BCUT2D eigenvalue weighted by molar-refractivity contribution is 6.03. The number of rotatable bonds is 7. The van der Waals surface area contributed by atoms with Crippen LogP contribution in [0.15, 0.2) is 82.5 Å². The highest BCUT2D eigenvalue weighted by atomic mass is 16.5. The number of methoxy groups -OCH3 is 1. The normalized spacial score (nSPS) is 16.4. The van der Waals surface area contributed by atoms with Gasteiger partial charge in [0.05, 0.1) is 31.5 Å². The summed E-state index contributed by atoms with van der Waals surface area (Å²) in [6.07, 6.45) is 5.46. The minimum atomic E-state index is -0.478. The smallest absolute Gasteiger partial charge is 0.310 e. The fraction of sp³-hybridized carbons (Fsp3) is 0.258. The van der Waals surface area contributed by atoms with Crippen molar-refractivity contribution < 1.29 is 23.5 Å². The van der Waals surface area contributed by atoms with Gasteiger partial charge in [-0.2, -0.15) is 5.10 Å². The van der Waals surface area contributed by atoms with Crippen molar-refractivity contribution in [3.63, 3.8) is 0 Å². The molecule has 7 nitrogen and oxygen atoms in total. The fourth-order valence-corrected chi connectivity index (χ4v) is 5.33. The third-order valence-electron chi connectivity index (χ3n) is 7.33. The number of carbonyl (C=O) groups excluding carboxylic acids is 2. The molecule has 3 aromatic carbocycles. The molecule has 0 radical (unpaired) electrons. The van der Waals surface area contributed by atoms with E-state index in [9.17, 15) is 9.59 Å². The number of carbonyl (C=O) groups is 2. The van der Waals surface area contributed by atoms with Gasteiger partial charge in [-0.15, -0.1) is 0 Å². The van der Waals surface area contributed by atoms with Crippen molar-refractivity contribution in [1.29, 1.82) is 0 Å². The van der Waals surface area contributed by atoms with Crippen molar-refractivity contribution in [3.05, 3.63) is 101 Å². The molecule has 0 saturated heterocycles. The highest BCUT2D eigenvalue weighted by Gasteiger charge is 2.33. The lowest BCUT2D eigenvalue weighted by Crippen LogP contribution is -2.31. The molecule has 2 aliphatic rings. The van der Waals surface area contributed by atoms with Crippen LogP contribution in [-0.2, 0) is 33.6 Å². The minimum Gasteiger partial charge on any atom is -0.497 e. The van der Waals surface area contributed by atoms with E-state index in [1.54, 1.807) is 13.4 Å².